The van der Waals surface area contributed by atoms with Crippen LogP contribution in [0.5, 0.6) is 0 Å². The molecule has 4 nitrogen and oxygen atoms in total. The van der Waals surface area contributed by atoms with Crippen LogP contribution in [0.3, 0.4) is 0 Å². The predicted molar refractivity (Wildman–Crippen MR) is 73.6 cm³/mol. The van der Waals surface area contributed by atoms with Crippen molar-refractivity contribution in [2.24, 2.45) is 5.73 Å². The average Bonchev–Trinajstić information content (AvgIpc) is 2.38. The molecule has 0 amide bonds. The molecule has 0 unspecified atom stereocenters. The van der Waals surface area contributed by atoms with Gasteiger partial charge in [-0.2, -0.15) is 4.31 Å². The van der Waals surface area contributed by atoms with Gasteiger partial charge in [-0.05, 0) is 31.0 Å². The molecule has 0 atom stereocenters. The summed E-state index contributed by atoms with van der Waals surface area (Å²) in [7, 11) is -3.56. The third-order valence-corrected chi connectivity index (χ3v) is 4.72. The highest BCUT2D eigenvalue weighted by atomic mass is 32.2. The maximum atomic E-state index is 13.4. The molecule has 6 heteroatoms. The molecule has 19 heavy (non-hydrogen) atoms. The number of rotatable bonds is 7. The first kappa shape index (κ1) is 16.1. The molecular formula is C13H21FN2O2S. The lowest BCUT2D eigenvalue weighted by molar-refractivity contribution is 0.410. The van der Waals surface area contributed by atoms with E-state index in [-0.39, 0.29) is 17.0 Å². The Morgan fingerprint density at radius 3 is 2.26 bits per heavy atom. The number of benzene rings is 1. The van der Waals surface area contributed by atoms with Gasteiger partial charge in [0.2, 0.25) is 10.0 Å². The van der Waals surface area contributed by atoms with Crippen molar-refractivity contribution >= 4 is 10.0 Å². The van der Waals surface area contributed by atoms with Crippen LogP contribution >= 0.6 is 0 Å². The van der Waals surface area contributed by atoms with E-state index in [1.807, 2.05) is 13.8 Å². The summed E-state index contributed by atoms with van der Waals surface area (Å²) in [5, 5.41) is 0. The Morgan fingerprint density at radius 2 is 1.79 bits per heavy atom. The van der Waals surface area contributed by atoms with E-state index in [1.54, 1.807) is 0 Å². The Labute approximate surface area is 114 Å². The van der Waals surface area contributed by atoms with Crippen LogP contribution in [0.15, 0.2) is 23.1 Å². The minimum absolute atomic E-state index is 0.0171. The maximum absolute atomic E-state index is 13.4. The summed E-state index contributed by atoms with van der Waals surface area (Å²) in [6.07, 6.45) is 1.48. The molecule has 1 aromatic rings. The van der Waals surface area contributed by atoms with E-state index in [0.29, 0.717) is 13.1 Å². The Bertz CT molecular complexity index is 511. The molecule has 108 valence electrons. The summed E-state index contributed by atoms with van der Waals surface area (Å²) in [4.78, 5) is 0.108. The average molecular weight is 288 g/mol. The smallest absolute Gasteiger partial charge is 0.243 e. The van der Waals surface area contributed by atoms with Crippen molar-refractivity contribution in [3.8, 4) is 0 Å². The molecule has 0 saturated heterocycles. The van der Waals surface area contributed by atoms with Crippen molar-refractivity contribution in [1.29, 1.82) is 0 Å². The van der Waals surface area contributed by atoms with Crippen molar-refractivity contribution in [1.82, 2.24) is 4.31 Å². The summed E-state index contributed by atoms with van der Waals surface area (Å²) in [5.74, 6) is -0.473. The summed E-state index contributed by atoms with van der Waals surface area (Å²) >= 11 is 0. The van der Waals surface area contributed by atoms with Gasteiger partial charge >= 0.3 is 0 Å². The number of nitrogens with two attached hydrogens (primary N) is 1. The Morgan fingerprint density at radius 1 is 1.21 bits per heavy atom. The second kappa shape index (κ2) is 6.98. The Kier molecular flexibility index (Phi) is 5.90. The molecule has 0 saturated carbocycles. The Balaban J connectivity index is 3.17. The standard InChI is InChI=1S/C13H21FN2O2S/c1-3-7-16(8-4-2)19(17,18)12-5-6-13(14)11(9-12)10-15/h5-6,9H,3-4,7-8,10,15H2,1-2H3. The molecule has 0 spiro atoms. The number of nitrogens with zero attached hydrogens (tertiary/aromatic N) is 1. The zero-order valence-corrected chi connectivity index (χ0v) is 12.2. The van der Waals surface area contributed by atoms with Gasteiger partial charge in [-0.25, -0.2) is 12.8 Å². The predicted octanol–water partition coefficient (Wildman–Crippen LogP) is 2.10. The third kappa shape index (κ3) is 3.75. The lowest BCUT2D eigenvalue weighted by Crippen LogP contribution is -2.32. The highest BCUT2D eigenvalue weighted by Crippen LogP contribution is 2.19. The third-order valence-electron chi connectivity index (χ3n) is 2.82. The first-order valence-corrected chi connectivity index (χ1v) is 7.90. The summed E-state index contributed by atoms with van der Waals surface area (Å²) in [6.45, 7) is 4.76. The highest BCUT2D eigenvalue weighted by Gasteiger charge is 2.23. The van der Waals surface area contributed by atoms with Crippen LogP contribution in [0.4, 0.5) is 4.39 Å². The van der Waals surface area contributed by atoms with Gasteiger partial charge < -0.3 is 5.73 Å². The van der Waals surface area contributed by atoms with Crippen LogP contribution in [0.25, 0.3) is 0 Å². The summed E-state index contributed by atoms with van der Waals surface area (Å²) in [5.41, 5.74) is 5.62. The second-order valence-corrected chi connectivity index (χ2v) is 6.30. The van der Waals surface area contributed by atoms with Crippen LogP contribution < -0.4 is 5.73 Å². The van der Waals surface area contributed by atoms with Crippen LogP contribution in [0, 0.1) is 5.82 Å². The van der Waals surface area contributed by atoms with E-state index in [2.05, 4.69) is 0 Å². The number of halogens is 1. The van der Waals surface area contributed by atoms with Gasteiger partial charge in [-0.3, -0.25) is 0 Å². The van der Waals surface area contributed by atoms with Gasteiger partial charge in [-0.15, -0.1) is 0 Å². The minimum atomic E-state index is -3.56. The van der Waals surface area contributed by atoms with Gasteiger partial charge in [0.15, 0.2) is 0 Å². The molecule has 0 aliphatic rings. The Hall–Kier alpha value is -0.980. The highest BCUT2D eigenvalue weighted by molar-refractivity contribution is 7.89. The van der Waals surface area contributed by atoms with E-state index in [1.165, 1.54) is 16.4 Å². The van der Waals surface area contributed by atoms with Crippen molar-refractivity contribution in [3.63, 3.8) is 0 Å². The van der Waals surface area contributed by atoms with Crippen molar-refractivity contribution in [3.05, 3.63) is 29.6 Å². The van der Waals surface area contributed by atoms with Crippen LogP contribution in [-0.2, 0) is 16.6 Å². The van der Waals surface area contributed by atoms with E-state index < -0.39 is 15.8 Å². The van der Waals surface area contributed by atoms with Gasteiger partial charge in [0.25, 0.3) is 0 Å². The largest absolute Gasteiger partial charge is 0.326 e. The maximum Gasteiger partial charge on any atom is 0.243 e. The minimum Gasteiger partial charge on any atom is -0.326 e. The first-order chi connectivity index (χ1) is 8.97. The molecule has 1 rings (SSSR count). The monoisotopic (exact) mass is 288 g/mol. The molecule has 0 aliphatic heterocycles. The molecule has 0 fully saturated rings. The topological polar surface area (TPSA) is 63.4 Å². The van der Waals surface area contributed by atoms with Crippen molar-refractivity contribution < 1.29 is 12.8 Å². The molecule has 0 radical (unpaired) electrons. The first-order valence-electron chi connectivity index (χ1n) is 6.46. The van der Waals surface area contributed by atoms with E-state index in [0.717, 1.165) is 18.9 Å². The van der Waals surface area contributed by atoms with Gasteiger partial charge in [0.05, 0.1) is 4.90 Å². The van der Waals surface area contributed by atoms with Crippen molar-refractivity contribution in [2.75, 3.05) is 13.1 Å². The molecule has 2 N–H and O–H groups in total. The molecular weight excluding hydrogens is 267 g/mol. The van der Waals surface area contributed by atoms with Gasteiger partial charge in [0, 0.05) is 25.2 Å². The number of sulfonamides is 1. The summed E-state index contributed by atoms with van der Waals surface area (Å²) < 4.78 is 39.7. The van der Waals surface area contributed by atoms with Gasteiger partial charge in [0.1, 0.15) is 5.82 Å². The van der Waals surface area contributed by atoms with Crippen LogP contribution in [0.1, 0.15) is 32.3 Å². The molecule has 0 heterocycles. The summed E-state index contributed by atoms with van der Waals surface area (Å²) in [6, 6.07) is 3.77. The zero-order chi connectivity index (χ0) is 14.5. The fourth-order valence-electron chi connectivity index (χ4n) is 1.87. The quantitative estimate of drug-likeness (QED) is 0.835. The lowest BCUT2D eigenvalue weighted by atomic mass is 10.2. The van der Waals surface area contributed by atoms with Crippen LogP contribution in [-0.4, -0.2) is 25.8 Å². The van der Waals surface area contributed by atoms with Crippen molar-refractivity contribution in [2.45, 2.75) is 38.1 Å². The normalized spacial score (nSPS) is 12.1. The molecule has 1 aromatic carbocycles. The van der Waals surface area contributed by atoms with E-state index in [9.17, 15) is 12.8 Å². The SMILES string of the molecule is CCCN(CCC)S(=O)(=O)c1ccc(F)c(CN)c1. The lowest BCUT2D eigenvalue weighted by Gasteiger charge is -2.21. The fraction of sp³-hybridized carbons (Fsp3) is 0.538. The van der Waals surface area contributed by atoms with E-state index >= 15 is 0 Å². The fourth-order valence-corrected chi connectivity index (χ4v) is 3.54. The number of hydrogen-bond donors (Lipinski definition) is 1. The molecule has 0 bridgehead atoms. The molecule has 0 aromatic heterocycles. The second-order valence-electron chi connectivity index (χ2n) is 4.36. The number of hydrogen-bond acceptors (Lipinski definition) is 3. The van der Waals surface area contributed by atoms with E-state index in [4.69, 9.17) is 5.73 Å². The van der Waals surface area contributed by atoms with Gasteiger partial charge in [-0.1, -0.05) is 13.8 Å². The van der Waals surface area contributed by atoms with Crippen LogP contribution in [0.2, 0.25) is 0 Å². The molecule has 0 aliphatic carbocycles. The zero-order valence-electron chi connectivity index (χ0n) is 11.4.